The highest BCUT2D eigenvalue weighted by Crippen LogP contribution is 2.41. The number of carbonyl (C=O) groups excluding carboxylic acids is 1. The third-order valence-electron chi connectivity index (χ3n) is 5.45. The molecule has 1 aliphatic rings. The average molecular weight is 442 g/mol. The Morgan fingerprint density at radius 2 is 2.10 bits per heavy atom. The number of carbonyl (C=O) groups is 1. The molecular weight excluding hydrogens is 422 g/mol. The van der Waals surface area contributed by atoms with Crippen molar-refractivity contribution in [1.82, 2.24) is 14.5 Å². The SMILES string of the molecule is CC(=O)[C@]1(n2cnc3c(-c4ccc(-c5cccs5)s4)ccnc32)C[C@@H](O)[C@@H](CO)O1. The highest BCUT2D eigenvalue weighted by Gasteiger charge is 2.51. The summed E-state index contributed by atoms with van der Waals surface area (Å²) in [4.78, 5) is 25.1. The summed E-state index contributed by atoms with van der Waals surface area (Å²) in [6.07, 6.45) is 1.46. The molecule has 0 saturated carbocycles. The maximum Gasteiger partial charge on any atom is 0.209 e. The predicted molar refractivity (Wildman–Crippen MR) is 115 cm³/mol. The van der Waals surface area contributed by atoms with Crippen molar-refractivity contribution in [3.8, 4) is 20.2 Å². The van der Waals surface area contributed by atoms with Gasteiger partial charge in [0, 0.05) is 32.8 Å². The zero-order valence-corrected chi connectivity index (χ0v) is 17.7. The maximum atomic E-state index is 12.6. The van der Waals surface area contributed by atoms with Crippen molar-refractivity contribution in [2.75, 3.05) is 6.61 Å². The number of hydrogen-bond acceptors (Lipinski definition) is 8. The lowest BCUT2D eigenvalue weighted by Crippen LogP contribution is -2.41. The summed E-state index contributed by atoms with van der Waals surface area (Å²) >= 11 is 3.37. The van der Waals surface area contributed by atoms with Gasteiger partial charge in [-0.2, -0.15) is 0 Å². The van der Waals surface area contributed by atoms with Gasteiger partial charge < -0.3 is 14.9 Å². The normalized spacial score (nSPS) is 24.0. The van der Waals surface area contributed by atoms with Crippen LogP contribution < -0.4 is 0 Å². The number of Topliss-reactive ketones (excluding diaryl/α,β-unsaturated/α-hetero) is 1. The molecule has 0 amide bonds. The summed E-state index contributed by atoms with van der Waals surface area (Å²) < 4.78 is 7.44. The van der Waals surface area contributed by atoms with E-state index in [0.29, 0.717) is 11.2 Å². The molecule has 4 aromatic rings. The summed E-state index contributed by atoms with van der Waals surface area (Å²) in [6, 6.07) is 10.2. The molecule has 0 radical (unpaired) electrons. The van der Waals surface area contributed by atoms with Gasteiger partial charge in [-0.15, -0.1) is 22.7 Å². The minimum atomic E-state index is -1.44. The molecular formula is C21H19N3O4S2. The fraction of sp³-hybridized carbons (Fsp3) is 0.286. The van der Waals surface area contributed by atoms with Crippen LogP contribution in [0.25, 0.3) is 31.4 Å². The molecule has 0 aliphatic carbocycles. The summed E-state index contributed by atoms with van der Waals surface area (Å²) in [5.41, 5.74) is 0.635. The fourth-order valence-corrected chi connectivity index (χ4v) is 5.78. The molecule has 1 aliphatic heterocycles. The molecule has 7 nitrogen and oxygen atoms in total. The molecule has 5 heterocycles. The molecule has 0 spiro atoms. The van der Waals surface area contributed by atoms with Crippen LogP contribution in [0.1, 0.15) is 13.3 Å². The number of rotatable bonds is 5. The van der Waals surface area contributed by atoms with Gasteiger partial charge in [-0.05, 0) is 36.6 Å². The van der Waals surface area contributed by atoms with Gasteiger partial charge >= 0.3 is 0 Å². The predicted octanol–water partition coefficient (Wildman–Crippen LogP) is 3.27. The number of aromatic nitrogens is 3. The largest absolute Gasteiger partial charge is 0.394 e. The van der Waals surface area contributed by atoms with E-state index in [1.165, 1.54) is 23.0 Å². The number of fused-ring (bicyclic) bond motifs is 1. The molecule has 30 heavy (non-hydrogen) atoms. The van der Waals surface area contributed by atoms with E-state index in [-0.39, 0.29) is 18.8 Å². The number of imidazole rings is 1. The first-order valence-corrected chi connectivity index (χ1v) is 11.2. The number of ketones is 1. The Morgan fingerprint density at radius 1 is 1.27 bits per heavy atom. The van der Waals surface area contributed by atoms with Crippen LogP contribution in [0.2, 0.25) is 0 Å². The molecule has 5 rings (SSSR count). The second-order valence-electron chi connectivity index (χ2n) is 7.24. The molecule has 0 unspecified atom stereocenters. The van der Waals surface area contributed by atoms with E-state index in [2.05, 4.69) is 33.5 Å². The summed E-state index contributed by atoms with van der Waals surface area (Å²) in [5.74, 6) is -0.278. The Hall–Kier alpha value is -2.43. The van der Waals surface area contributed by atoms with E-state index in [1.807, 2.05) is 12.1 Å². The smallest absolute Gasteiger partial charge is 0.209 e. The van der Waals surface area contributed by atoms with Crippen LogP contribution in [0.5, 0.6) is 0 Å². The molecule has 1 saturated heterocycles. The number of pyridine rings is 1. The van der Waals surface area contributed by atoms with E-state index in [4.69, 9.17) is 4.74 Å². The van der Waals surface area contributed by atoms with Gasteiger partial charge in [0.1, 0.15) is 11.6 Å². The summed E-state index contributed by atoms with van der Waals surface area (Å²) in [7, 11) is 0. The van der Waals surface area contributed by atoms with Gasteiger partial charge in [-0.1, -0.05) is 6.07 Å². The highest BCUT2D eigenvalue weighted by molar-refractivity contribution is 7.23. The minimum Gasteiger partial charge on any atom is -0.394 e. The van der Waals surface area contributed by atoms with Gasteiger partial charge in [0.2, 0.25) is 5.72 Å². The van der Waals surface area contributed by atoms with Gasteiger partial charge in [0.05, 0.1) is 19.0 Å². The van der Waals surface area contributed by atoms with Crippen LogP contribution >= 0.6 is 22.7 Å². The van der Waals surface area contributed by atoms with Crippen LogP contribution in [0.3, 0.4) is 0 Å². The zero-order chi connectivity index (χ0) is 20.9. The number of aliphatic hydroxyl groups is 2. The van der Waals surface area contributed by atoms with Gasteiger partial charge in [0.25, 0.3) is 0 Å². The Kier molecular flexibility index (Phi) is 4.79. The third-order valence-corrected chi connectivity index (χ3v) is 7.64. The van der Waals surface area contributed by atoms with Crippen molar-refractivity contribution >= 4 is 39.6 Å². The third kappa shape index (κ3) is 2.93. The van der Waals surface area contributed by atoms with Crippen LogP contribution in [0.15, 0.2) is 48.2 Å². The van der Waals surface area contributed by atoms with Crippen molar-refractivity contribution in [2.24, 2.45) is 0 Å². The number of ether oxygens (including phenoxy) is 1. The van der Waals surface area contributed by atoms with E-state index >= 15 is 0 Å². The van der Waals surface area contributed by atoms with Crippen LogP contribution in [-0.2, 0) is 15.3 Å². The topological polar surface area (TPSA) is 97.5 Å². The van der Waals surface area contributed by atoms with E-state index < -0.39 is 17.9 Å². The Labute approximate surface area is 180 Å². The second-order valence-corrected chi connectivity index (χ2v) is 9.27. The van der Waals surface area contributed by atoms with Crippen LogP contribution in [0.4, 0.5) is 0 Å². The zero-order valence-electron chi connectivity index (χ0n) is 16.1. The fourth-order valence-electron chi connectivity index (χ4n) is 3.92. The maximum absolute atomic E-state index is 12.6. The molecule has 3 atom stereocenters. The molecule has 0 aromatic carbocycles. The first-order valence-electron chi connectivity index (χ1n) is 9.48. The molecule has 2 N–H and O–H groups in total. The Morgan fingerprint density at radius 3 is 2.80 bits per heavy atom. The molecule has 1 fully saturated rings. The van der Waals surface area contributed by atoms with E-state index in [9.17, 15) is 15.0 Å². The molecule has 4 aromatic heterocycles. The Bertz CT molecular complexity index is 1220. The van der Waals surface area contributed by atoms with Gasteiger partial charge in [0.15, 0.2) is 11.4 Å². The monoisotopic (exact) mass is 441 g/mol. The first kappa shape index (κ1) is 19.5. The van der Waals surface area contributed by atoms with Crippen LogP contribution in [0, 0.1) is 0 Å². The van der Waals surface area contributed by atoms with E-state index in [0.717, 1.165) is 10.4 Å². The lowest BCUT2D eigenvalue weighted by Gasteiger charge is -2.27. The summed E-state index contributed by atoms with van der Waals surface area (Å²) in [6.45, 7) is 1.04. The minimum absolute atomic E-state index is 0.0342. The Balaban J connectivity index is 1.61. The number of hydrogen-bond donors (Lipinski definition) is 2. The van der Waals surface area contributed by atoms with Crippen molar-refractivity contribution in [1.29, 1.82) is 0 Å². The second kappa shape index (κ2) is 7.36. The summed E-state index contributed by atoms with van der Waals surface area (Å²) in [5, 5.41) is 21.8. The van der Waals surface area contributed by atoms with Crippen LogP contribution in [-0.4, -0.2) is 49.3 Å². The van der Waals surface area contributed by atoms with Gasteiger partial charge in [-0.25, -0.2) is 9.97 Å². The van der Waals surface area contributed by atoms with E-state index in [1.54, 1.807) is 33.4 Å². The quantitative estimate of drug-likeness (QED) is 0.493. The average Bonchev–Trinajstić information content (AvgIpc) is 3.51. The van der Waals surface area contributed by atoms with Crippen molar-refractivity contribution < 1.29 is 19.7 Å². The molecule has 154 valence electrons. The lowest BCUT2D eigenvalue weighted by molar-refractivity contribution is -0.158. The van der Waals surface area contributed by atoms with Crippen molar-refractivity contribution in [3.05, 3.63) is 48.2 Å². The number of thiophene rings is 2. The molecule has 0 bridgehead atoms. The highest BCUT2D eigenvalue weighted by atomic mass is 32.1. The first-order chi connectivity index (χ1) is 14.5. The van der Waals surface area contributed by atoms with Gasteiger partial charge in [-0.3, -0.25) is 9.36 Å². The molecule has 9 heteroatoms. The number of aliphatic hydroxyl groups excluding tert-OH is 2. The number of nitrogens with zero attached hydrogens (tertiary/aromatic N) is 3. The lowest BCUT2D eigenvalue weighted by atomic mass is 10.0. The van der Waals surface area contributed by atoms with Crippen molar-refractivity contribution in [2.45, 2.75) is 31.3 Å². The van der Waals surface area contributed by atoms with Crippen molar-refractivity contribution in [3.63, 3.8) is 0 Å². The standard InChI is InChI=1S/C21H19N3O4S2/c1-12(26)21(9-14(27)15(10-25)28-21)24-11-23-19-13(6-7-22-20(19)24)16-4-5-18(30-16)17-3-2-8-29-17/h2-8,11,14-15,25,27H,9-10H2,1H3/t14-,15-,21+/m1/s1.